The van der Waals surface area contributed by atoms with Crippen molar-refractivity contribution in [2.75, 3.05) is 31.5 Å². The van der Waals surface area contributed by atoms with Crippen LogP contribution < -0.4 is 19.5 Å². The number of hydrogen-bond acceptors (Lipinski definition) is 6. The molecule has 0 saturated carbocycles. The first-order valence-corrected chi connectivity index (χ1v) is 16.5. The quantitative estimate of drug-likeness (QED) is 0.148. The number of nitrogens with zero attached hydrogens (tertiary/aromatic N) is 1. The molecule has 6 nitrogen and oxygen atoms in total. The largest absolute Gasteiger partial charge is 0.497 e. The number of carbonyl (C=O) groups excluding carboxylic acids is 1. The van der Waals surface area contributed by atoms with Crippen molar-refractivity contribution in [3.8, 4) is 17.2 Å². The van der Waals surface area contributed by atoms with E-state index < -0.39 is 0 Å². The summed E-state index contributed by atoms with van der Waals surface area (Å²) in [6.07, 6.45) is 15.7. The Morgan fingerprint density at radius 1 is 0.878 bits per heavy atom. The molecule has 1 aliphatic rings. The van der Waals surface area contributed by atoms with Gasteiger partial charge in [0.05, 0.1) is 19.6 Å². The van der Waals surface area contributed by atoms with E-state index in [1.165, 1.54) is 69.9 Å². The van der Waals surface area contributed by atoms with Crippen molar-refractivity contribution in [3.63, 3.8) is 0 Å². The Balaban J connectivity index is 1.38. The third kappa shape index (κ3) is 12.3. The molecule has 0 atom stereocenters. The van der Waals surface area contributed by atoms with Crippen LogP contribution in [0.3, 0.4) is 0 Å². The smallest absolute Gasteiger partial charge is 0.262 e. The van der Waals surface area contributed by atoms with Gasteiger partial charge in [0.2, 0.25) is 0 Å². The summed E-state index contributed by atoms with van der Waals surface area (Å²) in [5.74, 6) is 2.57. The van der Waals surface area contributed by atoms with Gasteiger partial charge in [-0.1, -0.05) is 95.8 Å². The monoisotopic (exact) mass is 582 g/mol. The lowest BCUT2D eigenvalue weighted by atomic mass is 10.1. The van der Waals surface area contributed by atoms with Gasteiger partial charge in [0.1, 0.15) is 5.75 Å². The van der Waals surface area contributed by atoms with Crippen molar-refractivity contribution in [1.82, 2.24) is 4.90 Å². The highest BCUT2D eigenvalue weighted by Crippen LogP contribution is 2.32. The van der Waals surface area contributed by atoms with E-state index in [0.717, 1.165) is 36.5 Å². The van der Waals surface area contributed by atoms with Crippen LogP contribution in [-0.4, -0.2) is 37.0 Å². The van der Waals surface area contributed by atoms with Gasteiger partial charge >= 0.3 is 0 Å². The summed E-state index contributed by atoms with van der Waals surface area (Å²) in [6.45, 7) is 5.65. The van der Waals surface area contributed by atoms with Gasteiger partial charge in [-0.3, -0.25) is 4.79 Å². The highest BCUT2D eigenvalue weighted by Gasteiger charge is 2.16. The number of allylic oxidation sites excluding steroid dienone is 1. The van der Waals surface area contributed by atoms with Gasteiger partial charge in [0, 0.05) is 24.0 Å². The fourth-order valence-corrected chi connectivity index (χ4v) is 5.82. The van der Waals surface area contributed by atoms with Gasteiger partial charge in [-0.15, -0.1) is 11.8 Å². The van der Waals surface area contributed by atoms with Gasteiger partial charge in [-0.2, -0.15) is 0 Å². The van der Waals surface area contributed by atoms with Gasteiger partial charge in [-0.25, -0.2) is 0 Å². The summed E-state index contributed by atoms with van der Waals surface area (Å²) in [6, 6.07) is 13.4. The van der Waals surface area contributed by atoms with E-state index in [4.69, 9.17) is 14.2 Å². The Labute approximate surface area is 252 Å². The van der Waals surface area contributed by atoms with Crippen LogP contribution in [-0.2, 0) is 11.3 Å². The van der Waals surface area contributed by atoms with Crippen molar-refractivity contribution in [3.05, 3.63) is 59.1 Å². The summed E-state index contributed by atoms with van der Waals surface area (Å²) in [4.78, 5) is 15.1. The van der Waals surface area contributed by atoms with Crippen LogP contribution in [0.25, 0.3) is 0 Å². The molecule has 2 aromatic carbocycles. The number of nitrogens with one attached hydrogen (secondary N) is 1. The molecule has 1 N–H and O–H groups in total. The zero-order valence-electron chi connectivity index (χ0n) is 25.4. The Bertz CT molecular complexity index is 1070. The first kappa shape index (κ1) is 32.7. The van der Waals surface area contributed by atoms with Crippen LogP contribution in [0, 0.1) is 0 Å². The number of amides is 1. The summed E-state index contributed by atoms with van der Waals surface area (Å²) >= 11 is 1.79. The minimum atomic E-state index is -0.205. The van der Waals surface area contributed by atoms with Crippen LogP contribution in [0.2, 0.25) is 0 Å². The van der Waals surface area contributed by atoms with E-state index in [9.17, 15) is 4.79 Å². The van der Waals surface area contributed by atoms with E-state index in [2.05, 4.69) is 35.5 Å². The zero-order valence-corrected chi connectivity index (χ0v) is 26.2. The predicted octanol–water partition coefficient (Wildman–Crippen LogP) is 9.16. The molecule has 0 aliphatic carbocycles. The second-order valence-corrected chi connectivity index (χ2v) is 11.6. The molecular formula is C34H50N2O4S. The summed E-state index contributed by atoms with van der Waals surface area (Å²) in [5, 5.41) is 5.19. The lowest BCUT2D eigenvalue weighted by Crippen LogP contribution is -2.23. The Morgan fingerprint density at radius 3 is 2.22 bits per heavy atom. The molecule has 1 aliphatic heterocycles. The van der Waals surface area contributed by atoms with Crippen LogP contribution >= 0.6 is 11.8 Å². The lowest BCUT2D eigenvalue weighted by Gasteiger charge is -2.21. The number of carbonyl (C=O) groups is 1. The molecule has 0 unspecified atom stereocenters. The third-order valence-corrected chi connectivity index (χ3v) is 8.37. The number of rotatable bonds is 21. The van der Waals surface area contributed by atoms with E-state index in [-0.39, 0.29) is 12.5 Å². The van der Waals surface area contributed by atoms with Crippen molar-refractivity contribution in [2.24, 2.45) is 0 Å². The van der Waals surface area contributed by atoms with Crippen molar-refractivity contribution >= 4 is 23.4 Å². The average molecular weight is 583 g/mol. The SMILES string of the molecule is CCCCCCCCCCCCCCOc1cc(OC)ccc1OCC(=O)Nc1ccccc1CN1CSC=C1C. The van der Waals surface area contributed by atoms with Crippen molar-refractivity contribution in [2.45, 2.75) is 97.4 Å². The van der Waals surface area contributed by atoms with E-state index in [0.29, 0.717) is 23.9 Å². The molecule has 0 bridgehead atoms. The van der Waals surface area contributed by atoms with E-state index in [1.54, 1.807) is 24.9 Å². The fourth-order valence-electron chi connectivity index (χ4n) is 4.88. The molecule has 3 rings (SSSR count). The number of methoxy groups -OCH3 is 1. The highest BCUT2D eigenvalue weighted by atomic mass is 32.2. The molecular weight excluding hydrogens is 532 g/mol. The molecule has 7 heteroatoms. The normalized spacial score (nSPS) is 12.8. The molecule has 226 valence electrons. The summed E-state index contributed by atoms with van der Waals surface area (Å²) in [7, 11) is 1.63. The third-order valence-electron chi connectivity index (χ3n) is 7.40. The standard InChI is InChI=1S/C34H50N2O4S/c1-4-5-6-7-8-9-10-11-12-13-14-17-22-39-33-23-30(38-3)20-21-32(33)40-25-34(37)35-31-19-16-15-18-29(31)24-36-27-41-26-28(36)2/h15-16,18-21,23,26H,4-14,17,22,24-25,27H2,1-3H3,(H,35,37). The predicted molar refractivity (Wildman–Crippen MR) is 172 cm³/mol. The van der Waals surface area contributed by atoms with Gasteiger partial charge in [-0.05, 0) is 42.5 Å². The van der Waals surface area contributed by atoms with Crippen LogP contribution in [0.5, 0.6) is 17.2 Å². The van der Waals surface area contributed by atoms with Gasteiger partial charge in [0.15, 0.2) is 18.1 Å². The van der Waals surface area contributed by atoms with Crippen molar-refractivity contribution < 1.29 is 19.0 Å². The van der Waals surface area contributed by atoms with Gasteiger partial charge in [0.25, 0.3) is 5.91 Å². The Kier molecular flexibility index (Phi) is 15.4. The maximum absolute atomic E-state index is 12.8. The number of benzene rings is 2. The van der Waals surface area contributed by atoms with Gasteiger partial charge < -0.3 is 24.4 Å². The van der Waals surface area contributed by atoms with Crippen LogP contribution in [0.1, 0.15) is 96.5 Å². The lowest BCUT2D eigenvalue weighted by molar-refractivity contribution is -0.118. The number of para-hydroxylation sites is 1. The number of ether oxygens (including phenoxy) is 3. The highest BCUT2D eigenvalue weighted by molar-refractivity contribution is 8.02. The minimum absolute atomic E-state index is 0.103. The molecule has 1 amide bonds. The molecule has 0 aromatic heterocycles. The van der Waals surface area contributed by atoms with Crippen LogP contribution in [0.4, 0.5) is 5.69 Å². The number of anilines is 1. The first-order chi connectivity index (χ1) is 20.1. The summed E-state index contributed by atoms with van der Waals surface area (Å²) in [5.41, 5.74) is 3.13. The molecule has 0 saturated heterocycles. The maximum atomic E-state index is 12.8. The topological polar surface area (TPSA) is 60.0 Å². The molecule has 41 heavy (non-hydrogen) atoms. The maximum Gasteiger partial charge on any atom is 0.262 e. The number of unbranched alkanes of at least 4 members (excludes halogenated alkanes) is 11. The molecule has 2 aromatic rings. The van der Waals surface area contributed by atoms with E-state index in [1.807, 2.05) is 30.3 Å². The summed E-state index contributed by atoms with van der Waals surface area (Å²) < 4.78 is 17.4. The Hall–Kier alpha value is -2.80. The van der Waals surface area contributed by atoms with E-state index >= 15 is 0 Å². The molecule has 0 spiro atoms. The second kappa shape index (κ2) is 19.3. The zero-order chi connectivity index (χ0) is 29.1. The Morgan fingerprint density at radius 2 is 1.56 bits per heavy atom. The minimum Gasteiger partial charge on any atom is -0.497 e. The second-order valence-electron chi connectivity index (χ2n) is 10.8. The number of thioether (sulfide) groups is 1. The average Bonchev–Trinajstić information content (AvgIpc) is 3.39. The van der Waals surface area contributed by atoms with Crippen molar-refractivity contribution in [1.29, 1.82) is 0 Å². The first-order valence-electron chi connectivity index (χ1n) is 15.5. The molecule has 0 radical (unpaired) electrons. The molecule has 1 heterocycles. The van der Waals surface area contributed by atoms with Crippen LogP contribution in [0.15, 0.2) is 53.6 Å². The molecule has 0 fully saturated rings. The fraction of sp³-hybridized carbons (Fsp3) is 0.559. The number of hydrogen-bond donors (Lipinski definition) is 1.